The highest BCUT2D eigenvalue weighted by atomic mass is 32.2. The van der Waals surface area contributed by atoms with Gasteiger partial charge in [0.2, 0.25) is 15.7 Å². The van der Waals surface area contributed by atoms with Gasteiger partial charge in [-0.1, -0.05) is 36.4 Å². The normalized spacial score (nSPS) is 10.9. The first kappa shape index (κ1) is 22.2. The number of amides is 1. The van der Waals surface area contributed by atoms with E-state index in [0.29, 0.717) is 23.7 Å². The molecule has 3 aromatic carbocycles. The van der Waals surface area contributed by atoms with Crippen molar-refractivity contribution in [3.8, 4) is 11.5 Å². The summed E-state index contributed by atoms with van der Waals surface area (Å²) >= 11 is 0. The molecule has 3 rings (SSSR count). The molecule has 0 spiro atoms. The predicted molar refractivity (Wildman–Crippen MR) is 120 cm³/mol. The molecule has 0 saturated heterocycles. The van der Waals surface area contributed by atoms with Crippen LogP contribution in [0.2, 0.25) is 0 Å². The third-order valence-electron chi connectivity index (χ3n) is 4.43. The molecule has 0 unspecified atom stereocenters. The van der Waals surface area contributed by atoms with Crippen molar-refractivity contribution in [2.24, 2.45) is 0 Å². The Kier molecular flexibility index (Phi) is 7.15. The lowest BCUT2D eigenvalue weighted by molar-refractivity contribution is -0.114. The average molecular weight is 441 g/mol. The second-order valence-electron chi connectivity index (χ2n) is 6.48. The molecule has 0 fully saturated rings. The number of benzene rings is 3. The Bertz CT molecular complexity index is 1150. The Balaban J connectivity index is 1.79. The summed E-state index contributed by atoms with van der Waals surface area (Å²) in [7, 11) is -2.39. The van der Waals surface area contributed by atoms with Gasteiger partial charge in [-0.3, -0.25) is 4.79 Å². The molecule has 0 radical (unpaired) electrons. The number of hydrogen-bond donors (Lipinski definition) is 2. The summed E-state index contributed by atoms with van der Waals surface area (Å²) in [6.07, 6.45) is 0. The number of carbonyl (C=O) groups excluding carboxylic acids is 1. The van der Waals surface area contributed by atoms with E-state index in [-0.39, 0.29) is 28.0 Å². The minimum atomic E-state index is -3.79. The maximum Gasteiger partial charge on any atom is 0.243 e. The van der Waals surface area contributed by atoms with E-state index in [9.17, 15) is 13.2 Å². The predicted octanol–water partition coefficient (Wildman–Crippen LogP) is 3.98. The van der Waals surface area contributed by atoms with E-state index >= 15 is 0 Å². The van der Waals surface area contributed by atoms with Gasteiger partial charge >= 0.3 is 0 Å². The van der Waals surface area contributed by atoms with Crippen LogP contribution in [-0.2, 0) is 14.6 Å². The Morgan fingerprint density at radius 2 is 1.58 bits per heavy atom. The zero-order valence-corrected chi connectivity index (χ0v) is 18.1. The van der Waals surface area contributed by atoms with Crippen LogP contribution in [0.25, 0.3) is 0 Å². The van der Waals surface area contributed by atoms with Crippen LogP contribution >= 0.6 is 0 Å². The van der Waals surface area contributed by atoms with Crippen LogP contribution in [0.1, 0.15) is 6.92 Å². The maximum absolute atomic E-state index is 13.0. The van der Waals surface area contributed by atoms with Crippen molar-refractivity contribution >= 4 is 27.1 Å². The Hall–Kier alpha value is -3.52. The van der Waals surface area contributed by atoms with Gasteiger partial charge in [0.25, 0.3) is 0 Å². The lowest BCUT2D eigenvalue weighted by Gasteiger charge is -2.16. The number of sulfone groups is 1. The van der Waals surface area contributed by atoms with Crippen LogP contribution in [0.4, 0.5) is 11.4 Å². The van der Waals surface area contributed by atoms with Gasteiger partial charge in [-0.15, -0.1) is 0 Å². The van der Waals surface area contributed by atoms with E-state index < -0.39 is 9.84 Å². The number of para-hydroxylation sites is 3. The molecular weight excluding hydrogens is 416 g/mol. The van der Waals surface area contributed by atoms with Crippen molar-refractivity contribution in [2.75, 3.05) is 30.9 Å². The van der Waals surface area contributed by atoms with Crippen molar-refractivity contribution in [1.29, 1.82) is 0 Å². The molecule has 3 aromatic rings. The number of ether oxygens (including phenoxy) is 2. The second-order valence-corrected chi connectivity index (χ2v) is 8.40. The minimum absolute atomic E-state index is 0.0216. The lowest BCUT2D eigenvalue weighted by atomic mass is 10.2. The van der Waals surface area contributed by atoms with Gasteiger partial charge < -0.3 is 20.1 Å². The van der Waals surface area contributed by atoms with E-state index in [4.69, 9.17) is 9.47 Å². The van der Waals surface area contributed by atoms with E-state index in [1.54, 1.807) is 48.5 Å². The summed E-state index contributed by atoms with van der Waals surface area (Å²) < 4.78 is 37.0. The molecule has 0 saturated carbocycles. The Labute approximate surface area is 181 Å². The van der Waals surface area contributed by atoms with Crippen LogP contribution in [-0.4, -0.2) is 34.6 Å². The van der Waals surface area contributed by atoms with Crippen molar-refractivity contribution in [1.82, 2.24) is 0 Å². The smallest absolute Gasteiger partial charge is 0.243 e. The number of methoxy groups -OCH3 is 1. The second kappa shape index (κ2) is 9.99. The molecule has 0 atom stereocenters. The zero-order valence-electron chi connectivity index (χ0n) is 17.3. The molecule has 1 amide bonds. The lowest BCUT2D eigenvalue weighted by Crippen LogP contribution is -2.22. The number of carbonyl (C=O) groups is 1. The molecule has 0 aliphatic carbocycles. The topological polar surface area (TPSA) is 93.7 Å². The highest BCUT2D eigenvalue weighted by molar-refractivity contribution is 7.91. The van der Waals surface area contributed by atoms with Crippen LogP contribution < -0.4 is 20.1 Å². The molecule has 0 aliphatic heterocycles. The summed E-state index contributed by atoms with van der Waals surface area (Å²) in [4.78, 5) is 12.6. The molecule has 0 aliphatic rings. The largest absolute Gasteiger partial charge is 0.493 e. The van der Waals surface area contributed by atoms with Crippen molar-refractivity contribution in [3.63, 3.8) is 0 Å². The minimum Gasteiger partial charge on any atom is -0.493 e. The fourth-order valence-corrected chi connectivity index (χ4v) is 4.49. The number of rotatable bonds is 9. The molecule has 31 heavy (non-hydrogen) atoms. The fourth-order valence-electron chi connectivity index (χ4n) is 3.02. The zero-order chi connectivity index (χ0) is 22.3. The molecule has 8 heteroatoms. The Morgan fingerprint density at radius 1 is 0.903 bits per heavy atom. The summed E-state index contributed by atoms with van der Waals surface area (Å²) in [6, 6.07) is 20.0. The quantitative estimate of drug-likeness (QED) is 0.523. The van der Waals surface area contributed by atoms with E-state index in [0.717, 1.165) is 0 Å². The standard InChI is InChI=1S/C23H24N2O5S/c1-3-30-20-14-8-7-12-18(20)25-22(26)16-24-19-13-9-15-21(23(19)29-2)31(27,28)17-10-5-4-6-11-17/h4-15,24H,3,16H2,1-2H3,(H,25,26). The summed E-state index contributed by atoms with van der Waals surface area (Å²) in [5, 5.41) is 5.75. The van der Waals surface area contributed by atoms with Gasteiger partial charge in [0.1, 0.15) is 10.6 Å². The summed E-state index contributed by atoms with van der Waals surface area (Å²) in [6.45, 7) is 2.25. The molecule has 0 heterocycles. The molecule has 0 bridgehead atoms. The summed E-state index contributed by atoms with van der Waals surface area (Å²) in [5.41, 5.74) is 0.955. The van der Waals surface area contributed by atoms with E-state index in [2.05, 4.69) is 10.6 Å². The molecule has 162 valence electrons. The summed E-state index contributed by atoms with van der Waals surface area (Å²) in [5.74, 6) is 0.409. The van der Waals surface area contributed by atoms with Crippen molar-refractivity contribution < 1.29 is 22.7 Å². The molecule has 2 N–H and O–H groups in total. The third-order valence-corrected chi connectivity index (χ3v) is 6.22. The third kappa shape index (κ3) is 5.16. The van der Waals surface area contributed by atoms with Crippen LogP contribution in [0.5, 0.6) is 11.5 Å². The van der Waals surface area contributed by atoms with Gasteiger partial charge in [-0.2, -0.15) is 0 Å². The molecule has 0 aromatic heterocycles. The van der Waals surface area contributed by atoms with Crippen molar-refractivity contribution in [3.05, 3.63) is 72.8 Å². The van der Waals surface area contributed by atoms with E-state index in [1.165, 1.54) is 25.3 Å². The number of hydrogen-bond acceptors (Lipinski definition) is 6. The monoisotopic (exact) mass is 440 g/mol. The van der Waals surface area contributed by atoms with Crippen LogP contribution in [0.3, 0.4) is 0 Å². The molecule has 7 nitrogen and oxygen atoms in total. The van der Waals surface area contributed by atoms with Gasteiger partial charge in [-0.25, -0.2) is 8.42 Å². The fraction of sp³-hybridized carbons (Fsp3) is 0.174. The first-order valence-corrected chi connectivity index (χ1v) is 11.2. The van der Waals surface area contributed by atoms with Gasteiger partial charge in [-0.05, 0) is 43.3 Å². The highest BCUT2D eigenvalue weighted by Gasteiger charge is 2.24. The van der Waals surface area contributed by atoms with Gasteiger partial charge in [0.05, 0.1) is 36.5 Å². The van der Waals surface area contributed by atoms with Gasteiger partial charge in [0.15, 0.2) is 5.75 Å². The molecular formula is C23H24N2O5S. The van der Waals surface area contributed by atoms with Gasteiger partial charge in [0, 0.05) is 0 Å². The first-order chi connectivity index (χ1) is 15.0. The van der Waals surface area contributed by atoms with Crippen LogP contribution in [0.15, 0.2) is 82.6 Å². The average Bonchev–Trinajstić information content (AvgIpc) is 2.79. The first-order valence-electron chi connectivity index (χ1n) is 9.70. The maximum atomic E-state index is 13.0. The number of nitrogens with one attached hydrogen (secondary N) is 2. The highest BCUT2D eigenvalue weighted by Crippen LogP contribution is 2.35. The van der Waals surface area contributed by atoms with Crippen LogP contribution in [0, 0.1) is 0 Å². The Morgan fingerprint density at radius 3 is 2.29 bits per heavy atom. The number of anilines is 2. The SMILES string of the molecule is CCOc1ccccc1NC(=O)CNc1cccc(S(=O)(=O)c2ccccc2)c1OC. The van der Waals surface area contributed by atoms with E-state index in [1.807, 2.05) is 13.0 Å². The van der Waals surface area contributed by atoms with Crippen molar-refractivity contribution in [2.45, 2.75) is 16.7 Å².